The first-order chi connectivity index (χ1) is 10.3. The summed E-state index contributed by atoms with van der Waals surface area (Å²) in [5, 5.41) is 17.5. The van der Waals surface area contributed by atoms with Crippen LogP contribution in [0, 0.1) is 11.3 Å². The van der Waals surface area contributed by atoms with E-state index in [2.05, 4.69) is 0 Å². The van der Waals surface area contributed by atoms with Crippen LogP contribution in [0.3, 0.4) is 0 Å². The lowest BCUT2D eigenvalue weighted by atomic mass is 10.00. The SMILES string of the molecule is CC(CC#N)N(C)S(=O)(=O)N1CCCCC1CCCC(=O)O. The van der Waals surface area contributed by atoms with E-state index >= 15 is 0 Å². The summed E-state index contributed by atoms with van der Waals surface area (Å²) in [4.78, 5) is 10.6. The molecule has 0 amide bonds. The number of carboxylic acids is 1. The van der Waals surface area contributed by atoms with Crippen molar-refractivity contribution in [2.24, 2.45) is 0 Å². The van der Waals surface area contributed by atoms with Gasteiger partial charge in [-0.1, -0.05) is 6.42 Å². The topological polar surface area (TPSA) is 102 Å². The van der Waals surface area contributed by atoms with Crippen molar-refractivity contribution >= 4 is 16.2 Å². The summed E-state index contributed by atoms with van der Waals surface area (Å²) < 4.78 is 28.2. The van der Waals surface area contributed by atoms with Crippen molar-refractivity contribution in [2.45, 2.75) is 64.0 Å². The maximum absolute atomic E-state index is 12.7. The van der Waals surface area contributed by atoms with Crippen molar-refractivity contribution < 1.29 is 18.3 Å². The van der Waals surface area contributed by atoms with Gasteiger partial charge in [0.2, 0.25) is 0 Å². The molecule has 2 atom stereocenters. The third kappa shape index (κ3) is 4.93. The standard InChI is InChI=1S/C14H25N3O4S/c1-12(9-10-15)16(2)22(20,21)17-11-4-3-6-13(17)7-5-8-14(18)19/h12-13H,3-9,11H2,1-2H3,(H,18,19). The van der Waals surface area contributed by atoms with Crippen molar-refractivity contribution in [2.75, 3.05) is 13.6 Å². The van der Waals surface area contributed by atoms with E-state index in [4.69, 9.17) is 10.4 Å². The molecule has 0 spiro atoms. The molecule has 0 aliphatic carbocycles. The largest absolute Gasteiger partial charge is 0.481 e. The lowest BCUT2D eigenvalue weighted by molar-refractivity contribution is -0.137. The normalized spacial score (nSPS) is 21.5. The Labute approximate surface area is 132 Å². The van der Waals surface area contributed by atoms with Crippen LogP contribution in [0.15, 0.2) is 0 Å². The van der Waals surface area contributed by atoms with Crippen LogP contribution in [0.25, 0.3) is 0 Å². The van der Waals surface area contributed by atoms with E-state index in [9.17, 15) is 13.2 Å². The molecule has 0 saturated carbocycles. The molecule has 0 aromatic rings. The molecular formula is C14H25N3O4S. The molecule has 1 rings (SSSR count). The van der Waals surface area contributed by atoms with Crippen molar-refractivity contribution in [3.63, 3.8) is 0 Å². The van der Waals surface area contributed by atoms with Gasteiger partial charge in [-0.3, -0.25) is 4.79 Å². The molecule has 126 valence electrons. The van der Waals surface area contributed by atoms with Gasteiger partial charge in [-0.25, -0.2) is 0 Å². The Morgan fingerprint density at radius 3 is 2.77 bits per heavy atom. The summed E-state index contributed by atoms with van der Waals surface area (Å²) >= 11 is 0. The summed E-state index contributed by atoms with van der Waals surface area (Å²) in [6.45, 7) is 2.17. The molecule has 1 aliphatic rings. The van der Waals surface area contributed by atoms with E-state index < -0.39 is 16.2 Å². The smallest absolute Gasteiger partial charge is 0.303 e. The predicted octanol–water partition coefficient (Wildman–Crippen LogP) is 1.57. The molecule has 0 aromatic heterocycles. The Hall–Kier alpha value is -1.17. The number of carboxylic acid groups (broad SMARTS) is 1. The molecule has 22 heavy (non-hydrogen) atoms. The van der Waals surface area contributed by atoms with E-state index in [1.165, 1.54) is 15.7 Å². The van der Waals surface area contributed by atoms with Crippen LogP contribution in [0.1, 0.15) is 51.9 Å². The average Bonchev–Trinajstić information content (AvgIpc) is 2.46. The number of hydrogen-bond acceptors (Lipinski definition) is 4. The number of nitriles is 1. The molecule has 8 heteroatoms. The van der Waals surface area contributed by atoms with Gasteiger partial charge in [0.1, 0.15) is 0 Å². The van der Waals surface area contributed by atoms with E-state index in [-0.39, 0.29) is 24.9 Å². The average molecular weight is 331 g/mol. The molecule has 7 nitrogen and oxygen atoms in total. The van der Waals surface area contributed by atoms with E-state index in [1.807, 2.05) is 6.07 Å². The highest BCUT2D eigenvalue weighted by Crippen LogP contribution is 2.26. The van der Waals surface area contributed by atoms with Crippen LogP contribution in [0.2, 0.25) is 0 Å². The zero-order chi connectivity index (χ0) is 16.8. The van der Waals surface area contributed by atoms with Crippen molar-refractivity contribution in [1.82, 2.24) is 8.61 Å². The fourth-order valence-electron chi connectivity index (χ4n) is 2.71. The second-order valence-electron chi connectivity index (χ2n) is 5.78. The van der Waals surface area contributed by atoms with Crippen LogP contribution >= 0.6 is 0 Å². The third-order valence-corrected chi connectivity index (χ3v) is 6.33. The minimum atomic E-state index is -3.62. The second kappa shape index (κ2) is 8.46. The molecule has 2 unspecified atom stereocenters. The fourth-order valence-corrected chi connectivity index (χ4v) is 4.52. The highest BCUT2D eigenvalue weighted by Gasteiger charge is 2.36. The Kier molecular flexibility index (Phi) is 7.26. The van der Waals surface area contributed by atoms with Crippen LogP contribution < -0.4 is 0 Å². The van der Waals surface area contributed by atoms with Crippen molar-refractivity contribution in [1.29, 1.82) is 5.26 Å². The third-order valence-electron chi connectivity index (χ3n) is 4.17. The lowest BCUT2D eigenvalue weighted by Gasteiger charge is -2.38. The first kappa shape index (κ1) is 18.9. The number of aliphatic carboxylic acids is 1. The summed E-state index contributed by atoms with van der Waals surface area (Å²) in [5.74, 6) is -0.857. The van der Waals surface area contributed by atoms with Crippen molar-refractivity contribution in [3.8, 4) is 6.07 Å². The van der Waals surface area contributed by atoms with Gasteiger partial charge in [0.05, 0.1) is 12.5 Å². The summed E-state index contributed by atoms with van der Waals surface area (Å²) in [6.07, 6.45) is 3.78. The quantitative estimate of drug-likeness (QED) is 0.727. The first-order valence-electron chi connectivity index (χ1n) is 7.64. The number of nitrogens with zero attached hydrogens (tertiary/aromatic N) is 3. The molecule has 1 aliphatic heterocycles. The molecule has 0 bridgehead atoms. The Morgan fingerprint density at radius 2 is 2.18 bits per heavy atom. The predicted molar refractivity (Wildman–Crippen MR) is 82.2 cm³/mol. The van der Waals surface area contributed by atoms with E-state index in [0.29, 0.717) is 19.4 Å². The molecule has 1 heterocycles. The zero-order valence-electron chi connectivity index (χ0n) is 13.2. The van der Waals surface area contributed by atoms with Gasteiger partial charge in [0.25, 0.3) is 10.2 Å². The zero-order valence-corrected chi connectivity index (χ0v) is 14.0. The monoisotopic (exact) mass is 331 g/mol. The first-order valence-corrected chi connectivity index (χ1v) is 9.04. The molecule has 1 N–H and O–H groups in total. The van der Waals surface area contributed by atoms with Gasteiger partial charge < -0.3 is 5.11 Å². The minimum absolute atomic E-state index is 0.0606. The lowest BCUT2D eigenvalue weighted by Crippen LogP contribution is -2.51. The fraction of sp³-hybridized carbons (Fsp3) is 0.857. The van der Waals surface area contributed by atoms with Gasteiger partial charge in [-0.2, -0.15) is 22.3 Å². The van der Waals surface area contributed by atoms with Crippen LogP contribution in [0.5, 0.6) is 0 Å². The minimum Gasteiger partial charge on any atom is -0.481 e. The Morgan fingerprint density at radius 1 is 1.50 bits per heavy atom. The van der Waals surface area contributed by atoms with E-state index in [1.54, 1.807) is 6.92 Å². The van der Waals surface area contributed by atoms with Gasteiger partial charge in [-0.05, 0) is 32.6 Å². The Bertz CT molecular complexity index is 515. The number of hydrogen-bond donors (Lipinski definition) is 1. The number of piperidine rings is 1. The summed E-state index contributed by atoms with van der Waals surface area (Å²) in [7, 11) is -2.11. The number of rotatable bonds is 8. The highest BCUT2D eigenvalue weighted by molar-refractivity contribution is 7.86. The van der Waals surface area contributed by atoms with Crippen LogP contribution in [-0.2, 0) is 15.0 Å². The van der Waals surface area contributed by atoms with Gasteiger partial charge in [0.15, 0.2) is 0 Å². The Balaban J connectivity index is 2.79. The highest BCUT2D eigenvalue weighted by atomic mass is 32.2. The molecule has 0 radical (unpaired) electrons. The molecule has 1 saturated heterocycles. The second-order valence-corrected chi connectivity index (χ2v) is 7.72. The van der Waals surface area contributed by atoms with Gasteiger partial charge >= 0.3 is 5.97 Å². The maximum atomic E-state index is 12.7. The maximum Gasteiger partial charge on any atom is 0.303 e. The van der Waals surface area contributed by atoms with Gasteiger partial charge in [-0.15, -0.1) is 0 Å². The molecule has 0 aromatic carbocycles. The summed E-state index contributed by atoms with van der Waals surface area (Å²) in [5.41, 5.74) is 0. The summed E-state index contributed by atoms with van der Waals surface area (Å²) in [6, 6.07) is 1.47. The van der Waals surface area contributed by atoms with E-state index in [0.717, 1.165) is 19.3 Å². The van der Waals surface area contributed by atoms with Crippen LogP contribution in [-0.4, -0.2) is 53.8 Å². The van der Waals surface area contributed by atoms with Gasteiger partial charge in [0, 0.05) is 32.1 Å². The van der Waals surface area contributed by atoms with Crippen LogP contribution in [0.4, 0.5) is 0 Å². The molecule has 1 fully saturated rings. The number of carbonyl (C=O) groups is 1. The molecular weight excluding hydrogens is 306 g/mol. The van der Waals surface area contributed by atoms with Crippen molar-refractivity contribution in [3.05, 3.63) is 0 Å².